The highest BCUT2D eigenvalue weighted by molar-refractivity contribution is 5.95. The summed E-state index contributed by atoms with van der Waals surface area (Å²) in [6.45, 7) is 4.18. The third kappa shape index (κ3) is 3.61. The molecule has 3 nitrogen and oxygen atoms in total. The van der Waals surface area contributed by atoms with Crippen LogP contribution in [0, 0.1) is 24.7 Å². The van der Waals surface area contributed by atoms with Crippen molar-refractivity contribution in [3.63, 3.8) is 0 Å². The highest BCUT2D eigenvalue weighted by Gasteiger charge is 2.36. The molecule has 0 radical (unpaired) electrons. The zero-order valence-corrected chi connectivity index (χ0v) is 12.1. The molecule has 2 rings (SSSR count). The first kappa shape index (κ1) is 14.6. The van der Waals surface area contributed by atoms with Crippen LogP contribution in [0.3, 0.4) is 0 Å². The van der Waals surface area contributed by atoms with Gasteiger partial charge in [0.05, 0.1) is 6.61 Å². The minimum Gasteiger partial charge on any atom is -0.395 e. The number of aliphatic hydroxyl groups is 1. The molecule has 1 aliphatic rings. The van der Waals surface area contributed by atoms with Crippen LogP contribution in [0.1, 0.15) is 47.7 Å². The van der Waals surface area contributed by atoms with Gasteiger partial charge < -0.3 is 10.4 Å². The fourth-order valence-electron chi connectivity index (χ4n) is 2.29. The zero-order chi connectivity index (χ0) is 14.5. The molecule has 2 atom stereocenters. The summed E-state index contributed by atoms with van der Waals surface area (Å²) in [5.41, 5.74) is 2.59. The van der Waals surface area contributed by atoms with Crippen LogP contribution in [0.25, 0.3) is 0 Å². The third-order valence-electron chi connectivity index (χ3n) is 3.71. The van der Waals surface area contributed by atoms with E-state index in [0.717, 1.165) is 24.0 Å². The van der Waals surface area contributed by atoms with Gasteiger partial charge in [0.25, 0.3) is 5.91 Å². The second-order valence-electron chi connectivity index (χ2n) is 5.29. The van der Waals surface area contributed by atoms with Crippen molar-refractivity contribution in [2.24, 2.45) is 5.92 Å². The highest BCUT2D eigenvalue weighted by Crippen LogP contribution is 2.33. The Bertz CT molecular complexity index is 554. The Morgan fingerprint density at radius 1 is 1.50 bits per heavy atom. The predicted molar refractivity (Wildman–Crippen MR) is 79.4 cm³/mol. The first-order chi connectivity index (χ1) is 9.65. The largest absolute Gasteiger partial charge is 0.395 e. The molecule has 0 aliphatic heterocycles. The maximum atomic E-state index is 12.1. The molecule has 0 heterocycles. The van der Waals surface area contributed by atoms with E-state index in [1.807, 2.05) is 25.1 Å². The van der Waals surface area contributed by atoms with E-state index in [0.29, 0.717) is 23.9 Å². The summed E-state index contributed by atoms with van der Waals surface area (Å²) in [5, 5.41) is 11.8. The number of carbonyl (C=O) groups is 1. The molecule has 106 valence electrons. The van der Waals surface area contributed by atoms with Gasteiger partial charge in [-0.2, -0.15) is 0 Å². The molecule has 3 heteroatoms. The summed E-state index contributed by atoms with van der Waals surface area (Å²) in [5.74, 6) is 6.56. The monoisotopic (exact) mass is 271 g/mol. The Labute approximate surface area is 120 Å². The lowest BCUT2D eigenvalue weighted by atomic mass is 10.0. The van der Waals surface area contributed by atoms with E-state index in [4.69, 9.17) is 5.11 Å². The van der Waals surface area contributed by atoms with Crippen LogP contribution in [0.15, 0.2) is 18.2 Å². The number of carbonyl (C=O) groups excluding carboxylic acids is 1. The maximum absolute atomic E-state index is 12.1. The van der Waals surface area contributed by atoms with Gasteiger partial charge in [-0.15, -0.1) is 0 Å². The van der Waals surface area contributed by atoms with Gasteiger partial charge in [-0.1, -0.05) is 25.2 Å². The summed E-state index contributed by atoms with van der Waals surface area (Å²) in [6.07, 6.45) is 2.71. The molecule has 0 bridgehead atoms. The molecule has 2 N–H and O–H groups in total. The van der Waals surface area contributed by atoms with Crippen molar-refractivity contribution in [1.82, 2.24) is 5.32 Å². The molecule has 1 saturated carbocycles. The topological polar surface area (TPSA) is 49.3 Å². The van der Waals surface area contributed by atoms with Crippen molar-refractivity contribution >= 4 is 5.91 Å². The lowest BCUT2D eigenvalue weighted by molar-refractivity contribution is 0.0949. The normalized spacial score (nSPS) is 19.9. The van der Waals surface area contributed by atoms with Crippen LogP contribution in [0.4, 0.5) is 0 Å². The molecule has 20 heavy (non-hydrogen) atoms. The first-order valence-electron chi connectivity index (χ1n) is 7.17. The average Bonchev–Trinajstić information content (AvgIpc) is 3.19. The Morgan fingerprint density at radius 2 is 2.30 bits per heavy atom. The second kappa shape index (κ2) is 6.58. The second-order valence-corrected chi connectivity index (χ2v) is 5.29. The van der Waals surface area contributed by atoms with Crippen LogP contribution in [0.5, 0.6) is 0 Å². The van der Waals surface area contributed by atoms with E-state index in [9.17, 15) is 4.79 Å². The Hall–Kier alpha value is -1.79. The van der Waals surface area contributed by atoms with Crippen molar-refractivity contribution in [2.75, 3.05) is 6.61 Å². The first-order valence-corrected chi connectivity index (χ1v) is 7.17. The minimum absolute atomic E-state index is 0.00363. The Morgan fingerprint density at radius 3 is 2.90 bits per heavy atom. The third-order valence-corrected chi connectivity index (χ3v) is 3.71. The van der Waals surface area contributed by atoms with Crippen LogP contribution < -0.4 is 5.32 Å². The van der Waals surface area contributed by atoms with Crippen molar-refractivity contribution in [1.29, 1.82) is 0 Å². The molecule has 1 amide bonds. The fourth-order valence-corrected chi connectivity index (χ4v) is 2.29. The van der Waals surface area contributed by atoms with Gasteiger partial charge in [0.15, 0.2) is 0 Å². The lowest BCUT2D eigenvalue weighted by Crippen LogP contribution is -2.26. The molecule has 0 aromatic heterocycles. The summed E-state index contributed by atoms with van der Waals surface area (Å²) < 4.78 is 0. The van der Waals surface area contributed by atoms with Gasteiger partial charge in [-0.3, -0.25) is 4.79 Å². The molecular weight excluding hydrogens is 250 g/mol. The molecule has 1 fully saturated rings. The van der Waals surface area contributed by atoms with E-state index in [2.05, 4.69) is 24.1 Å². The van der Waals surface area contributed by atoms with Crippen LogP contribution in [-0.4, -0.2) is 23.7 Å². The number of hydrogen-bond acceptors (Lipinski definition) is 2. The van der Waals surface area contributed by atoms with Crippen LogP contribution in [-0.2, 0) is 0 Å². The summed E-state index contributed by atoms with van der Waals surface area (Å²) >= 11 is 0. The van der Waals surface area contributed by atoms with Crippen molar-refractivity contribution in [3.8, 4) is 11.8 Å². The van der Waals surface area contributed by atoms with Gasteiger partial charge in [-0.05, 0) is 43.0 Å². The summed E-state index contributed by atoms with van der Waals surface area (Å²) in [4.78, 5) is 12.1. The molecule has 2 unspecified atom stereocenters. The number of nitrogens with one attached hydrogen (secondary N) is 1. The molecule has 1 aromatic rings. The molecule has 0 spiro atoms. The van der Waals surface area contributed by atoms with Crippen molar-refractivity contribution in [3.05, 3.63) is 34.9 Å². The fraction of sp³-hybridized carbons (Fsp3) is 0.471. The molecular formula is C17H21NO2. The number of aryl methyl sites for hydroxylation is 1. The standard InChI is InChI=1S/C17H21NO2/c1-3-13-11-16(13)18-17(20)15-8-7-14(12(2)10-15)6-4-5-9-19/h7-8,10,13,16,19H,3,5,9,11H2,1-2H3,(H,18,20). The van der Waals surface area contributed by atoms with Crippen LogP contribution >= 0.6 is 0 Å². The minimum atomic E-state index is 0.00363. The van der Waals surface area contributed by atoms with Crippen LogP contribution in [0.2, 0.25) is 0 Å². The molecule has 1 aromatic carbocycles. The highest BCUT2D eigenvalue weighted by atomic mass is 16.2. The van der Waals surface area contributed by atoms with E-state index in [-0.39, 0.29) is 12.5 Å². The Balaban J connectivity index is 2.01. The number of benzene rings is 1. The van der Waals surface area contributed by atoms with E-state index >= 15 is 0 Å². The Kier molecular flexibility index (Phi) is 4.81. The molecule has 0 saturated heterocycles. The SMILES string of the molecule is CCC1CC1NC(=O)c1ccc(C#CCCO)c(C)c1. The smallest absolute Gasteiger partial charge is 0.251 e. The summed E-state index contributed by atoms with van der Waals surface area (Å²) in [6, 6.07) is 5.92. The zero-order valence-electron chi connectivity index (χ0n) is 12.1. The predicted octanol–water partition coefficient (Wildman–Crippen LogP) is 2.26. The lowest BCUT2D eigenvalue weighted by Gasteiger charge is -2.06. The summed E-state index contributed by atoms with van der Waals surface area (Å²) in [7, 11) is 0. The quantitative estimate of drug-likeness (QED) is 0.825. The number of amides is 1. The van der Waals surface area contributed by atoms with Crippen molar-refractivity contribution < 1.29 is 9.90 Å². The molecule has 1 aliphatic carbocycles. The average molecular weight is 271 g/mol. The van der Waals surface area contributed by atoms with Gasteiger partial charge in [0, 0.05) is 23.6 Å². The van der Waals surface area contributed by atoms with E-state index in [1.165, 1.54) is 0 Å². The van der Waals surface area contributed by atoms with Gasteiger partial charge in [0.2, 0.25) is 0 Å². The van der Waals surface area contributed by atoms with Crippen molar-refractivity contribution in [2.45, 2.75) is 39.2 Å². The maximum Gasteiger partial charge on any atom is 0.251 e. The van der Waals surface area contributed by atoms with Gasteiger partial charge in [0.1, 0.15) is 0 Å². The number of aliphatic hydroxyl groups excluding tert-OH is 1. The van der Waals surface area contributed by atoms with Gasteiger partial charge in [-0.25, -0.2) is 0 Å². The van der Waals surface area contributed by atoms with E-state index in [1.54, 1.807) is 0 Å². The number of hydrogen-bond donors (Lipinski definition) is 2. The number of rotatable bonds is 4. The van der Waals surface area contributed by atoms with Gasteiger partial charge >= 0.3 is 0 Å². The van der Waals surface area contributed by atoms with E-state index < -0.39 is 0 Å².